The molecule has 1 aromatic heterocycles. The third-order valence-corrected chi connectivity index (χ3v) is 8.95. The fourth-order valence-electron chi connectivity index (χ4n) is 6.79. The molecule has 0 radical (unpaired) electrons. The highest BCUT2D eigenvalue weighted by Crippen LogP contribution is 2.40. The second-order valence-electron chi connectivity index (χ2n) is 12.8. The van der Waals surface area contributed by atoms with Gasteiger partial charge in [-0.15, -0.1) is 0 Å². The number of carbonyl (C=O) groups is 2. The Kier molecular flexibility index (Phi) is 7.68. The molecule has 3 aliphatic heterocycles. The van der Waals surface area contributed by atoms with E-state index in [2.05, 4.69) is 45.2 Å². The molecule has 3 fully saturated rings. The number of rotatable bonds is 5. The molecule has 0 spiro atoms. The lowest BCUT2D eigenvalue weighted by molar-refractivity contribution is 0.0154. The minimum absolute atomic E-state index is 0.0574. The second kappa shape index (κ2) is 10.9. The van der Waals surface area contributed by atoms with Gasteiger partial charge in [-0.3, -0.25) is 4.79 Å². The molecule has 2 atom stereocenters. The number of fused-ring (bicyclic) bond motifs is 1. The quantitative estimate of drug-likeness (QED) is 0.565. The Hall–Kier alpha value is -3.00. The number of likely N-dealkylation sites (tertiary alicyclic amines) is 3. The average molecular weight is 534 g/mol. The number of piperidine rings is 1. The SMILES string of the molecule is Cc1ncnc(C)c1C(=O)N1CC2CN(CCC3(c4ccccc4)CCN(C(=O)OC(C)(C)C)CC3)CC2C1. The van der Waals surface area contributed by atoms with Crippen LogP contribution in [0.15, 0.2) is 36.7 Å². The van der Waals surface area contributed by atoms with Crippen molar-refractivity contribution < 1.29 is 14.3 Å². The van der Waals surface area contributed by atoms with Crippen molar-refractivity contribution in [3.05, 3.63) is 59.2 Å². The van der Waals surface area contributed by atoms with Crippen molar-refractivity contribution in [2.45, 2.75) is 64.9 Å². The van der Waals surface area contributed by atoms with Gasteiger partial charge in [0, 0.05) is 39.3 Å². The monoisotopic (exact) mass is 533 g/mol. The maximum absolute atomic E-state index is 13.3. The van der Waals surface area contributed by atoms with Gasteiger partial charge in [0.15, 0.2) is 0 Å². The summed E-state index contributed by atoms with van der Waals surface area (Å²) in [6.45, 7) is 15.7. The Morgan fingerprint density at radius 3 is 2.08 bits per heavy atom. The van der Waals surface area contributed by atoms with Crippen LogP contribution in [0.1, 0.15) is 67.3 Å². The lowest BCUT2D eigenvalue weighted by Gasteiger charge is -2.43. The molecule has 8 nitrogen and oxygen atoms in total. The Labute approximate surface area is 232 Å². The largest absolute Gasteiger partial charge is 0.444 e. The van der Waals surface area contributed by atoms with E-state index in [9.17, 15) is 9.59 Å². The molecule has 210 valence electrons. The van der Waals surface area contributed by atoms with Crippen LogP contribution >= 0.6 is 0 Å². The summed E-state index contributed by atoms with van der Waals surface area (Å²) in [4.78, 5) is 41.0. The van der Waals surface area contributed by atoms with Gasteiger partial charge in [-0.25, -0.2) is 14.8 Å². The second-order valence-corrected chi connectivity index (χ2v) is 12.8. The topological polar surface area (TPSA) is 78.9 Å². The van der Waals surface area contributed by atoms with Crippen molar-refractivity contribution in [2.24, 2.45) is 11.8 Å². The Morgan fingerprint density at radius 2 is 1.51 bits per heavy atom. The third-order valence-electron chi connectivity index (χ3n) is 8.95. The summed E-state index contributed by atoms with van der Waals surface area (Å²) in [7, 11) is 0. The number of ether oxygens (including phenoxy) is 1. The average Bonchev–Trinajstić information content (AvgIpc) is 3.46. The summed E-state index contributed by atoms with van der Waals surface area (Å²) < 4.78 is 5.65. The van der Waals surface area contributed by atoms with Gasteiger partial charge in [-0.1, -0.05) is 30.3 Å². The summed E-state index contributed by atoms with van der Waals surface area (Å²) >= 11 is 0. The molecule has 8 heteroatoms. The van der Waals surface area contributed by atoms with E-state index in [-0.39, 0.29) is 17.4 Å². The normalized spacial score (nSPS) is 23.1. The molecule has 0 N–H and O–H groups in total. The first kappa shape index (κ1) is 27.6. The van der Waals surface area contributed by atoms with Crippen molar-refractivity contribution in [1.82, 2.24) is 24.7 Å². The molecule has 3 saturated heterocycles. The van der Waals surface area contributed by atoms with E-state index >= 15 is 0 Å². The first-order valence-electron chi connectivity index (χ1n) is 14.4. The minimum Gasteiger partial charge on any atom is -0.444 e. The van der Waals surface area contributed by atoms with Crippen LogP contribution in [0.4, 0.5) is 4.79 Å². The van der Waals surface area contributed by atoms with Crippen molar-refractivity contribution in [1.29, 1.82) is 0 Å². The standard InChI is InChI=1S/C31H43N5O3/c1-22-27(23(2)33-21-32-22)28(37)36-19-24-17-34(18-25(24)20-36)14-11-31(26-9-7-6-8-10-26)12-15-35(16-13-31)29(38)39-30(3,4)5/h6-10,21,24-25H,11-20H2,1-5H3. The molecule has 0 bridgehead atoms. The van der Waals surface area contributed by atoms with Crippen LogP contribution in [-0.4, -0.2) is 88.1 Å². The van der Waals surface area contributed by atoms with Gasteiger partial charge >= 0.3 is 6.09 Å². The maximum atomic E-state index is 13.3. The molecule has 0 saturated carbocycles. The molecule has 2 unspecified atom stereocenters. The molecule has 1 aromatic carbocycles. The van der Waals surface area contributed by atoms with E-state index in [1.54, 1.807) is 0 Å². The van der Waals surface area contributed by atoms with E-state index in [0.717, 1.165) is 63.4 Å². The lowest BCUT2D eigenvalue weighted by atomic mass is 9.70. The van der Waals surface area contributed by atoms with E-state index in [1.165, 1.54) is 11.9 Å². The summed E-state index contributed by atoms with van der Waals surface area (Å²) in [6.07, 6.45) is 4.28. The fourth-order valence-corrected chi connectivity index (χ4v) is 6.79. The summed E-state index contributed by atoms with van der Waals surface area (Å²) in [6, 6.07) is 10.8. The minimum atomic E-state index is -0.481. The molecule has 0 aliphatic carbocycles. The predicted molar refractivity (Wildman–Crippen MR) is 151 cm³/mol. The molecule has 39 heavy (non-hydrogen) atoms. The van der Waals surface area contributed by atoms with Crippen LogP contribution in [0.3, 0.4) is 0 Å². The van der Waals surface area contributed by atoms with Gasteiger partial charge in [0.1, 0.15) is 11.9 Å². The number of aromatic nitrogens is 2. The Bertz CT molecular complexity index is 1150. The van der Waals surface area contributed by atoms with E-state index in [1.807, 2.05) is 44.4 Å². The first-order chi connectivity index (χ1) is 18.5. The van der Waals surface area contributed by atoms with Gasteiger partial charge in [0.25, 0.3) is 5.91 Å². The number of hydrogen-bond acceptors (Lipinski definition) is 6. The first-order valence-corrected chi connectivity index (χ1v) is 14.4. The molecular weight excluding hydrogens is 490 g/mol. The molecular formula is C31H43N5O3. The maximum Gasteiger partial charge on any atom is 0.410 e. The molecule has 2 amide bonds. The Balaban J connectivity index is 1.19. The van der Waals surface area contributed by atoms with Crippen LogP contribution in [0, 0.1) is 25.7 Å². The number of aryl methyl sites for hydroxylation is 2. The zero-order chi connectivity index (χ0) is 27.8. The van der Waals surface area contributed by atoms with Crippen molar-refractivity contribution in [2.75, 3.05) is 45.8 Å². The Morgan fingerprint density at radius 1 is 0.923 bits per heavy atom. The van der Waals surface area contributed by atoms with E-state index in [4.69, 9.17) is 4.74 Å². The molecule has 4 heterocycles. The van der Waals surface area contributed by atoms with Gasteiger partial charge in [0.05, 0.1) is 17.0 Å². The van der Waals surface area contributed by atoms with Crippen molar-refractivity contribution >= 4 is 12.0 Å². The zero-order valence-corrected chi connectivity index (χ0v) is 24.2. The van der Waals surface area contributed by atoms with Crippen LogP contribution in [0.25, 0.3) is 0 Å². The van der Waals surface area contributed by atoms with Gasteiger partial charge in [-0.05, 0) is 83.2 Å². The fraction of sp³-hybridized carbons (Fsp3) is 0.613. The lowest BCUT2D eigenvalue weighted by Crippen LogP contribution is -2.47. The zero-order valence-electron chi connectivity index (χ0n) is 24.2. The molecule has 2 aromatic rings. The summed E-state index contributed by atoms with van der Waals surface area (Å²) in [5, 5.41) is 0. The van der Waals surface area contributed by atoms with Crippen LogP contribution in [0.2, 0.25) is 0 Å². The van der Waals surface area contributed by atoms with Crippen molar-refractivity contribution in [3.8, 4) is 0 Å². The van der Waals surface area contributed by atoms with Crippen molar-refractivity contribution in [3.63, 3.8) is 0 Å². The number of carbonyl (C=O) groups excluding carboxylic acids is 2. The third kappa shape index (κ3) is 5.96. The number of benzene rings is 1. The number of nitrogens with zero attached hydrogens (tertiary/aromatic N) is 5. The van der Waals surface area contributed by atoms with Gasteiger partial charge in [0.2, 0.25) is 0 Å². The van der Waals surface area contributed by atoms with E-state index in [0.29, 0.717) is 30.5 Å². The predicted octanol–water partition coefficient (Wildman–Crippen LogP) is 4.46. The summed E-state index contributed by atoms with van der Waals surface area (Å²) in [5.74, 6) is 1.10. The molecule has 5 rings (SSSR count). The smallest absolute Gasteiger partial charge is 0.410 e. The van der Waals surface area contributed by atoms with Gasteiger partial charge in [-0.2, -0.15) is 0 Å². The van der Waals surface area contributed by atoms with Crippen LogP contribution in [0.5, 0.6) is 0 Å². The highest BCUT2D eigenvalue weighted by molar-refractivity contribution is 5.96. The van der Waals surface area contributed by atoms with Crippen LogP contribution < -0.4 is 0 Å². The summed E-state index contributed by atoms with van der Waals surface area (Å²) in [5.41, 5.74) is 3.14. The van der Waals surface area contributed by atoms with Gasteiger partial charge < -0.3 is 19.4 Å². The highest BCUT2D eigenvalue weighted by atomic mass is 16.6. The number of amides is 2. The van der Waals surface area contributed by atoms with E-state index < -0.39 is 5.60 Å². The number of hydrogen-bond donors (Lipinski definition) is 0. The van der Waals surface area contributed by atoms with Crippen LogP contribution in [-0.2, 0) is 10.2 Å². The molecule has 3 aliphatic rings. The highest BCUT2D eigenvalue weighted by Gasteiger charge is 2.44.